The lowest BCUT2D eigenvalue weighted by Crippen LogP contribution is -2.51. The number of carbonyl (C=O) groups is 1. The molecule has 2 amide bonds. The van der Waals surface area contributed by atoms with Gasteiger partial charge in [-0.3, -0.25) is 0 Å². The van der Waals surface area contributed by atoms with Gasteiger partial charge in [-0.2, -0.15) is 4.31 Å². The molecule has 0 radical (unpaired) electrons. The zero-order chi connectivity index (χ0) is 25.9. The van der Waals surface area contributed by atoms with E-state index in [0.717, 1.165) is 0 Å². The normalized spacial score (nSPS) is 20.8. The van der Waals surface area contributed by atoms with Crippen molar-refractivity contribution in [3.63, 3.8) is 0 Å². The summed E-state index contributed by atoms with van der Waals surface area (Å²) in [5, 5.41) is 12.6. The number of aliphatic hydroxyl groups excluding tert-OH is 1. The van der Waals surface area contributed by atoms with Crippen molar-refractivity contribution in [3.8, 4) is 16.9 Å². The van der Waals surface area contributed by atoms with E-state index in [4.69, 9.17) is 4.74 Å². The van der Waals surface area contributed by atoms with E-state index in [1.165, 1.54) is 27.4 Å². The van der Waals surface area contributed by atoms with E-state index >= 15 is 0 Å². The van der Waals surface area contributed by atoms with Crippen molar-refractivity contribution in [2.24, 2.45) is 5.92 Å². The van der Waals surface area contributed by atoms with Gasteiger partial charge in [-0.25, -0.2) is 17.6 Å². The van der Waals surface area contributed by atoms with E-state index < -0.39 is 28.0 Å². The van der Waals surface area contributed by atoms with Crippen molar-refractivity contribution < 1.29 is 27.4 Å². The van der Waals surface area contributed by atoms with E-state index in [-0.39, 0.29) is 48.3 Å². The Morgan fingerprint density at radius 1 is 1.26 bits per heavy atom. The van der Waals surface area contributed by atoms with Gasteiger partial charge < -0.3 is 20.1 Å². The lowest BCUT2D eigenvalue weighted by atomic mass is 10.0. The number of hydrogen-bond donors (Lipinski definition) is 2. The van der Waals surface area contributed by atoms with Crippen LogP contribution in [0.3, 0.4) is 0 Å². The number of aliphatic hydroxyl groups is 1. The third-order valence-corrected chi connectivity index (χ3v) is 8.08. The highest BCUT2D eigenvalue weighted by Gasteiger charge is 2.38. The molecule has 0 saturated heterocycles. The Kier molecular flexibility index (Phi) is 8.40. The standard InChI is InChI=1S/C25H34FN3O5S/c1-16(2)27-25(31)28(5)14-23-17(3)13-29(18(4)15-30)35(32,33)24-11-10-19(12-22(24)34-23)20-8-6-7-9-21(20)26/h6-12,16-18,23,30H,13-15H2,1-5H3,(H,27,31)/t17-,18-,23-/m0/s1. The fourth-order valence-electron chi connectivity index (χ4n) is 4.02. The number of sulfonamides is 1. The number of amides is 2. The topological polar surface area (TPSA) is 99.2 Å². The van der Waals surface area contributed by atoms with Crippen LogP contribution in [0.5, 0.6) is 5.75 Å². The van der Waals surface area contributed by atoms with E-state index in [1.54, 1.807) is 38.2 Å². The number of ether oxygens (including phenoxy) is 1. The Morgan fingerprint density at radius 3 is 2.57 bits per heavy atom. The van der Waals surface area contributed by atoms with Gasteiger partial charge in [0, 0.05) is 37.2 Å². The van der Waals surface area contributed by atoms with Gasteiger partial charge in [-0.1, -0.05) is 31.2 Å². The number of halogens is 1. The minimum absolute atomic E-state index is 0.0456. The molecule has 35 heavy (non-hydrogen) atoms. The second kappa shape index (κ2) is 10.9. The Balaban J connectivity index is 2.09. The van der Waals surface area contributed by atoms with Crippen LogP contribution < -0.4 is 10.1 Å². The summed E-state index contributed by atoms with van der Waals surface area (Å²) in [4.78, 5) is 13.9. The molecule has 3 atom stereocenters. The monoisotopic (exact) mass is 507 g/mol. The summed E-state index contributed by atoms with van der Waals surface area (Å²) in [6, 6.07) is 9.71. The summed E-state index contributed by atoms with van der Waals surface area (Å²) in [5.41, 5.74) is 0.786. The van der Waals surface area contributed by atoms with E-state index in [0.29, 0.717) is 11.1 Å². The van der Waals surface area contributed by atoms with Crippen LogP contribution in [0.2, 0.25) is 0 Å². The molecule has 3 rings (SSSR count). The number of rotatable bonds is 6. The number of urea groups is 1. The molecule has 0 bridgehead atoms. The number of likely N-dealkylation sites (N-methyl/N-ethyl adjacent to an activating group) is 1. The van der Waals surface area contributed by atoms with Gasteiger partial charge in [0.15, 0.2) is 0 Å². The maximum atomic E-state index is 14.5. The molecule has 8 nitrogen and oxygen atoms in total. The first-order chi connectivity index (χ1) is 16.4. The lowest BCUT2D eigenvalue weighted by Gasteiger charge is -2.37. The average Bonchev–Trinajstić information content (AvgIpc) is 2.80. The van der Waals surface area contributed by atoms with Crippen molar-refractivity contribution in [1.29, 1.82) is 0 Å². The number of hydrogen-bond acceptors (Lipinski definition) is 5. The molecule has 0 aromatic heterocycles. The first kappa shape index (κ1) is 26.9. The van der Waals surface area contributed by atoms with Crippen molar-refractivity contribution in [2.75, 3.05) is 26.7 Å². The zero-order valence-corrected chi connectivity index (χ0v) is 21.5. The van der Waals surface area contributed by atoms with E-state index in [1.807, 2.05) is 20.8 Å². The molecule has 10 heteroatoms. The van der Waals surface area contributed by atoms with Crippen LogP contribution in [-0.2, 0) is 10.0 Å². The quantitative estimate of drug-likeness (QED) is 0.625. The molecule has 2 aromatic rings. The highest BCUT2D eigenvalue weighted by molar-refractivity contribution is 7.89. The SMILES string of the molecule is CC(C)NC(=O)N(C)C[C@@H]1Oc2cc(-c3ccccc3F)ccc2S(=O)(=O)N([C@@H](C)CO)C[C@@H]1C. The zero-order valence-electron chi connectivity index (χ0n) is 20.7. The first-order valence-corrected chi connectivity index (χ1v) is 13.1. The molecule has 1 aliphatic heterocycles. The van der Waals surface area contributed by atoms with Gasteiger partial charge in [0.1, 0.15) is 22.6 Å². The van der Waals surface area contributed by atoms with Gasteiger partial charge in [0.2, 0.25) is 10.0 Å². The Hall–Kier alpha value is -2.69. The fourth-order valence-corrected chi connectivity index (χ4v) is 5.84. The van der Waals surface area contributed by atoms with Crippen molar-refractivity contribution in [2.45, 2.75) is 50.8 Å². The second-order valence-electron chi connectivity index (χ2n) is 9.37. The van der Waals surface area contributed by atoms with Crippen molar-refractivity contribution in [1.82, 2.24) is 14.5 Å². The molecule has 0 saturated carbocycles. The second-order valence-corrected chi connectivity index (χ2v) is 11.2. The van der Waals surface area contributed by atoms with Crippen LogP contribution >= 0.6 is 0 Å². The van der Waals surface area contributed by atoms with Gasteiger partial charge in [0.05, 0.1) is 13.2 Å². The van der Waals surface area contributed by atoms with Crippen molar-refractivity contribution >= 4 is 16.1 Å². The predicted molar refractivity (Wildman–Crippen MR) is 132 cm³/mol. The summed E-state index contributed by atoms with van der Waals surface area (Å²) in [7, 11) is -2.37. The lowest BCUT2D eigenvalue weighted by molar-refractivity contribution is 0.0810. The summed E-state index contributed by atoms with van der Waals surface area (Å²) in [6.45, 7) is 7.15. The van der Waals surface area contributed by atoms with Gasteiger partial charge in [0.25, 0.3) is 0 Å². The van der Waals surface area contributed by atoms with Gasteiger partial charge in [-0.15, -0.1) is 0 Å². The Labute approximate surface area is 206 Å². The third kappa shape index (κ3) is 5.94. The van der Waals surface area contributed by atoms with Crippen LogP contribution in [0.4, 0.5) is 9.18 Å². The fraction of sp³-hybridized carbons (Fsp3) is 0.480. The highest BCUT2D eigenvalue weighted by Crippen LogP contribution is 2.37. The summed E-state index contributed by atoms with van der Waals surface area (Å²) < 4.78 is 49.2. The summed E-state index contributed by atoms with van der Waals surface area (Å²) >= 11 is 0. The first-order valence-electron chi connectivity index (χ1n) is 11.7. The molecule has 0 fully saturated rings. The molecule has 0 spiro atoms. The van der Waals surface area contributed by atoms with Crippen LogP contribution in [0, 0.1) is 11.7 Å². The molecule has 192 valence electrons. The number of benzene rings is 2. The van der Waals surface area contributed by atoms with Crippen LogP contribution in [-0.4, -0.2) is 73.7 Å². The third-order valence-electron chi connectivity index (χ3n) is 6.06. The average molecular weight is 508 g/mol. The molecule has 0 aliphatic carbocycles. The predicted octanol–water partition coefficient (Wildman–Crippen LogP) is 3.31. The Morgan fingerprint density at radius 2 is 1.94 bits per heavy atom. The minimum Gasteiger partial charge on any atom is -0.487 e. The minimum atomic E-state index is -4.02. The van der Waals surface area contributed by atoms with E-state index in [9.17, 15) is 22.7 Å². The molecular weight excluding hydrogens is 473 g/mol. The van der Waals surface area contributed by atoms with Crippen molar-refractivity contribution in [3.05, 3.63) is 48.3 Å². The molecule has 2 aromatic carbocycles. The number of nitrogens with zero attached hydrogens (tertiary/aromatic N) is 2. The molecule has 1 aliphatic rings. The summed E-state index contributed by atoms with van der Waals surface area (Å²) in [6.07, 6.45) is -0.559. The molecule has 1 heterocycles. The maximum absolute atomic E-state index is 14.5. The number of fused-ring (bicyclic) bond motifs is 1. The van der Waals surface area contributed by atoms with Crippen LogP contribution in [0.1, 0.15) is 27.7 Å². The number of nitrogens with one attached hydrogen (secondary N) is 1. The van der Waals surface area contributed by atoms with Gasteiger partial charge >= 0.3 is 6.03 Å². The highest BCUT2D eigenvalue weighted by atomic mass is 32.2. The summed E-state index contributed by atoms with van der Waals surface area (Å²) in [5.74, 6) is -0.680. The Bertz CT molecular complexity index is 1160. The molecular formula is C25H34FN3O5S. The maximum Gasteiger partial charge on any atom is 0.317 e. The largest absolute Gasteiger partial charge is 0.487 e. The van der Waals surface area contributed by atoms with Gasteiger partial charge in [-0.05, 0) is 44.5 Å². The molecule has 0 unspecified atom stereocenters. The smallest absolute Gasteiger partial charge is 0.317 e. The number of carbonyl (C=O) groups excluding carboxylic acids is 1. The molecule has 2 N–H and O–H groups in total. The van der Waals surface area contributed by atoms with Crippen LogP contribution in [0.25, 0.3) is 11.1 Å². The van der Waals surface area contributed by atoms with Crippen LogP contribution in [0.15, 0.2) is 47.4 Å². The van der Waals surface area contributed by atoms with E-state index in [2.05, 4.69) is 5.32 Å².